The van der Waals surface area contributed by atoms with Crippen LogP contribution < -0.4 is 5.32 Å². The molecule has 0 spiro atoms. The van der Waals surface area contributed by atoms with E-state index in [1.54, 1.807) is 11.5 Å². The van der Waals surface area contributed by atoms with E-state index in [0.717, 1.165) is 35.8 Å². The Labute approximate surface area is 111 Å². The Balaban J connectivity index is 2.04. The minimum absolute atomic E-state index is 0.758. The smallest absolute Gasteiger partial charge is 0.0844 e. The molecule has 2 aromatic rings. The van der Waals surface area contributed by atoms with Crippen molar-refractivity contribution in [1.82, 2.24) is 9.69 Å². The summed E-state index contributed by atoms with van der Waals surface area (Å²) in [6, 6.07) is 9.92. The van der Waals surface area contributed by atoms with Crippen LogP contribution in [0.2, 0.25) is 5.02 Å². The van der Waals surface area contributed by atoms with Gasteiger partial charge in [-0.1, -0.05) is 30.7 Å². The first-order chi connectivity index (χ1) is 8.29. The minimum Gasteiger partial charge on any atom is -0.312 e. The molecule has 0 aliphatic carbocycles. The van der Waals surface area contributed by atoms with Gasteiger partial charge < -0.3 is 5.32 Å². The highest BCUT2D eigenvalue weighted by molar-refractivity contribution is 7.06. The standard InChI is InChI=1S/C13H15ClN2S/c1-2-7-15-9-12-8-13(16-17-12)10-3-5-11(14)6-4-10/h3-6,8,15H,2,7,9H2,1H3. The summed E-state index contributed by atoms with van der Waals surface area (Å²) in [6.45, 7) is 4.12. The summed E-state index contributed by atoms with van der Waals surface area (Å²) in [5.41, 5.74) is 2.15. The molecule has 0 amide bonds. The largest absolute Gasteiger partial charge is 0.312 e. The zero-order chi connectivity index (χ0) is 12.1. The molecule has 2 nitrogen and oxygen atoms in total. The van der Waals surface area contributed by atoms with Crippen LogP contribution in [0.15, 0.2) is 30.3 Å². The molecule has 0 saturated carbocycles. The van der Waals surface area contributed by atoms with Crippen LogP contribution in [0.3, 0.4) is 0 Å². The van der Waals surface area contributed by atoms with Crippen LogP contribution in [-0.2, 0) is 6.54 Å². The molecule has 4 heteroatoms. The van der Waals surface area contributed by atoms with Crippen molar-refractivity contribution < 1.29 is 0 Å². The molecule has 2 rings (SSSR count). The fourth-order valence-electron chi connectivity index (χ4n) is 1.54. The third-order valence-electron chi connectivity index (χ3n) is 2.42. The van der Waals surface area contributed by atoms with Crippen molar-refractivity contribution in [2.24, 2.45) is 0 Å². The maximum Gasteiger partial charge on any atom is 0.0844 e. The van der Waals surface area contributed by atoms with Gasteiger partial charge in [-0.2, -0.15) is 4.37 Å². The first kappa shape index (κ1) is 12.6. The lowest BCUT2D eigenvalue weighted by Gasteiger charge is -1.98. The fraction of sp³-hybridized carbons (Fsp3) is 0.308. The van der Waals surface area contributed by atoms with Crippen LogP contribution in [-0.4, -0.2) is 10.9 Å². The van der Waals surface area contributed by atoms with Gasteiger partial charge in [0.1, 0.15) is 0 Å². The van der Waals surface area contributed by atoms with Gasteiger partial charge in [0.05, 0.1) is 5.69 Å². The third kappa shape index (κ3) is 3.53. The lowest BCUT2D eigenvalue weighted by atomic mass is 10.1. The lowest BCUT2D eigenvalue weighted by Crippen LogP contribution is -2.12. The van der Waals surface area contributed by atoms with Crippen LogP contribution >= 0.6 is 23.1 Å². The van der Waals surface area contributed by atoms with Crippen molar-refractivity contribution in [3.05, 3.63) is 40.2 Å². The number of rotatable bonds is 5. The lowest BCUT2D eigenvalue weighted by molar-refractivity contribution is 0.681. The summed E-state index contributed by atoms with van der Waals surface area (Å²) in [5.74, 6) is 0. The van der Waals surface area contributed by atoms with Crippen molar-refractivity contribution in [1.29, 1.82) is 0 Å². The van der Waals surface area contributed by atoms with Gasteiger partial charge in [0.15, 0.2) is 0 Å². The van der Waals surface area contributed by atoms with E-state index in [9.17, 15) is 0 Å². The first-order valence-electron chi connectivity index (χ1n) is 5.72. The van der Waals surface area contributed by atoms with E-state index < -0.39 is 0 Å². The fourth-order valence-corrected chi connectivity index (χ4v) is 2.37. The topological polar surface area (TPSA) is 24.9 Å². The highest BCUT2D eigenvalue weighted by Gasteiger charge is 2.04. The highest BCUT2D eigenvalue weighted by Crippen LogP contribution is 2.23. The molecule has 0 atom stereocenters. The zero-order valence-electron chi connectivity index (χ0n) is 9.74. The normalized spacial score (nSPS) is 10.7. The molecule has 1 aromatic carbocycles. The molecule has 0 aliphatic rings. The van der Waals surface area contributed by atoms with Crippen molar-refractivity contribution in [3.8, 4) is 11.3 Å². The maximum atomic E-state index is 5.86. The van der Waals surface area contributed by atoms with Gasteiger partial charge in [0.2, 0.25) is 0 Å². The molecule has 1 heterocycles. The Morgan fingerprint density at radius 2 is 2.06 bits per heavy atom. The number of nitrogens with one attached hydrogen (secondary N) is 1. The maximum absolute atomic E-state index is 5.86. The molecular formula is C13H15ClN2S. The Hall–Kier alpha value is -0.900. The summed E-state index contributed by atoms with van der Waals surface area (Å²) in [4.78, 5) is 1.27. The molecule has 90 valence electrons. The molecule has 0 radical (unpaired) electrons. The second-order valence-electron chi connectivity index (χ2n) is 3.86. The van der Waals surface area contributed by atoms with E-state index in [4.69, 9.17) is 11.6 Å². The Morgan fingerprint density at radius 1 is 1.29 bits per heavy atom. The summed E-state index contributed by atoms with van der Waals surface area (Å²) < 4.78 is 4.45. The van der Waals surface area contributed by atoms with Crippen LogP contribution in [0.1, 0.15) is 18.2 Å². The predicted molar refractivity (Wildman–Crippen MR) is 74.6 cm³/mol. The molecule has 1 N–H and O–H groups in total. The Kier molecular flexibility index (Phi) is 4.54. The monoisotopic (exact) mass is 266 g/mol. The summed E-state index contributed by atoms with van der Waals surface area (Å²) in [6.07, 6.45) is 1.16. The van der Waals surface area contributed by atoms with E-state index >= 15 is 0 Å². The molecule has 1 aromatic heterocycles. The van der Waals surface area contributed by atoms with Crippen LogP contribution in [0.25, 0.3) is 11.3 Å². The number of aromatic nitrogens is 1. The number of hydrogen-bond donors (Lipinski definition) is 1. The van der Waals surface area contributed by atoms with Gasteiger partial charge in [-0.25, -0.2) is 0 Å². The molecule has 0 fully saturated rings. The van der Waals surface area contributed by atoms with Crippen LogP contribution in [0, 0.1) is 0 Å². The second-order valence-corrected chi connectivity index (χ2v) is 5.19. The van der Waals surface area contributed by atoms with Gasteiger partial charge in [-0.15, -0.1) is 0 Å². The summed E-state index contributed by atoms with van der Waals surface area (Å²) in [5, 5.41) is 4.13. The van der Waals surface area contributed by atoms with Gasteiger partial charge in [0.25, 0.3) is 0 Å². The quantitative estimate of drug-likeness (QED) is 0.829. The van der Waals surface area contributed by atoms with E-state index in [0.29, 0.717) is 0 Å². The number of hydrogen-bond acceptors (Lipinski definition) is 3. The average molecular weight is 267 g/mol. The van der Waals surface area contributed by atoms with Crippen molar-refractivity contribution in [3.63, 3.8) is 0 Å². The SMILES string of the molecule is CCCNCc1cc(-c2ccc(Cl)cc2)ns1. The third-order valence-corrected chi connectivity index (χ3v) is 3.46. The van der Waals surface area contributed by atoms with E-state index in [-0.39, 0.29) is 0 Å². The number of nitrogens with zero attached hydrogens (tertiary/aromatic N) is 1. The summed E-state index contributed by atoms with van der Waals surface area (Å²) in [7, 11) is 0. The molecule has 0 unspecified atom stereocenters. The van der Waals surface area contributed by atoms with E-state index in [1.807, 2.05) is 24.3 Å². The number of halogens is 1. The Bertz CT molecular complexity index is 465. The highest BCUT2D eigenvalue weighted by atomic mass is 35.5. The predicted octanol–water partition coefficient (Wildman–Crippen LogP) is 3.96. The van der Waals surface area contributed by atoms with Crippen molar-refractivity contribution in [2.45, 2.75) is 19.9 Å². The van der Waals surface area contributed by atoms with Gasteiger partial charge >= 0.3 is 0 Å². The van der Waals surface area contributed by atoms with Crippen LogP contribution in [0.5, 0.6) is 0 Å². The minimum atomic E-state index is 0.758. The first-order valence-corrected chi connectivity index (χ1v) is 6.87. The average Bonchev–Trinajstić information content (AvgIpc) is 2.79. The second kappa shape index (κ2) is 6.15. The van der Waals surface area contributed by atoms with Gasteiger partial charge in [-0.05, 0) is 42.7 Å². The molecule has 0 bridgehead atoms. The molecule has 0 saturated heterocycles. The van der Waals surface area contributed by atoms with Gasteiger partial charge in [-0.3, -0.25) is 0 Å². The zero-order valence-corrected chi connectivity index (χ0v) is 11.3. The number of benzene rings is 1. The van der Waals surface area contributed by atoms with Crippen LogP contribution in [0.4, 0.5) is 0 Å². The Morgan fingerprint density at radius 3 is 2.76 bits per heavy atom. The van der Waals surface area contributed by atoms with Crippen molar-refractivity contribution in [2.75, 3.05) is 6.54 Å². The molecule has 17 heavy (non-hydrogen) atoms. The van der Waals surface area contributed by atoms with E-state index in [1.165, 1.54) is 4.88 Å². The molecular weight excluding hydrogens is 252 g/mol. The van der Waals surface area contributed by atoms with Crippen molar-refractivity contribution >= 4 is 23.1 Å². The molecule has 0 aliphatic heterocycles. The summed E-state index contributed by atoms with van der Waals surface area (Å²) >= 11 is 7.41. The van der Waals surface area contributed by atoms with Gasteiger partial charge in [0, 0.05) is 22.0 Å². The van der Waals surface area contributed by atoms with E-state index in [2.05, 4.69) is 22.7 Å².